The van der Waals surface area contributed by atoms with Gasteiger partial charge in [-0.05, 0) is 38.0 Å². The summed E-state index contributed by atoms with van der Waals surface area (Å²) < 4.78 is 0. The minimum Gasteiger partial charge on any atom is -0.338 e. The highest BCUT2D eigenvalue weighted by Crippen LogP contribution is 2.29. The number of nitrogens with one attached hydrogen (secondary N) is 1. The fourth-order valence-corrected chi connectivity index (χ4v) is 2.23. The Morgan fingerprint density at radius 3 is 2.88 bits per heavy atom. The lowest BCUT2D eigenvalue weighted by atomic mass is 9.95. The zero-order valence-electron chi connectivity index (χ0n) is 10.4. The van der Waals surface area contributed by atoms with Crippen molar-refractivity contribution in [2.45, 2.75) is 32.4 Å². The Bertz CT molecular complexity index is 428. The van der Waals surface area contributed by atoms with Crippen molar-refractivity contribution in [3.63, 3.8) is 0 Å². The van der Waals surface area contributed by atoms with Crippen molar-refractivity contribution in [3.05, 3.63) is 29.8 Å². The zero-order chi connectivity index (χ0) is 12.5. The second-order valence-electron chi connectivity index (χ2n) is 5.00. The Morgan fingerprint density at radius 2 is 2.24 bits per heavy atom. The average Bonchev–Trinajstić information content (AvgIpc) is 2.28. The van der Waals surface area contributed by atoms with Crippen molar-refractivity contribution >= 4 is 11.7 Å². The van der Waals surface area contributed by atoms with E-state index < -0.39 is 0 Å². The number of carbonyl (C=O) groups is 1. The van der Waals surface area contributed by atoms with Crippen LogP contribution in [-0.2, 0) is 6.54 Å². The van der Waals surface area contributed by atoms with Gasteiger partial charge in [-0.1, -0.05) is 12.1 Å². The van der Waals surface area contributed by atoms with E-state index in [1.165, 1.54) is 0 Å². The number of anilines is 1. The lowest BCUT2D eigenvalue weighted by molar-refractivity contribution is 0.230. The molecule has 3 N–H and O–H groups in total. The molecule has 17 heavy (non-hydrogen) atoms. The largest absolute Gasteiger partial charge is 0.338 e. The maximum atomic E-state index is 12.0. The van der Waals surface area contributed by atoms with Crippen molar-refractivity contribution in [1.29, 1.82) is 0 Å². The molecule has 0 saturated carbocycles. The Hall–Kier alpha value is -1.55. The second kappa shape index (κ2) is 4.37. The number of nitrogens with two attached hydrogens (primary N) is 1. The van der Waals surface area contributed by atoms with Crippen molar-refractivity contribution in [1.82, 2.24) is 5.32 Å². The van der Waals surface area contributed by atoms with Crippen molar-refractivity contribution in [2.75, 3.05) is 11.4 Å². The Labute approximate surface area is 102 Å². The number of benzene rings is 1. The number of urea groups is 1. The summed E-state index contributed by atoms with van der Waals surface area (Å²) in [7, 11) is 0. The van der Waals surface area contributed by atoms with Crippen LogP contribution in [0.3, 0.4) is 0 Å². The highest BCUT2D eigenvalue weighted by Gasteiger charge is 2.35. The van der Waals surface area contributed by atoms with Gasteiger partial charge in [0.25, 0.3) is 0 Å². The van der Waals surface area contributed by atoms with Gasteiger partial charge < -0.3 is 11.1 Å². The normalized spacial score (nSPS) is 19.0. The van der Waals surface area contributed by atoms with E-state index in [2.05, 4.69) is 19.2 Å². The quantitative estimate of drug-likeness (QED) is 0.819. The molecule has 0 atom stereocenters. The van der Waals surface area contributed by atoms with Gasteiger partial charge in [-0.3, -0.25) is 4.90 Å². The van der Waals surface area contributed by atoms with Gasteiger partial charge in [0.1, 0.15) is 0 Å². The van der Waals surface area contributed by atoms with Gasteiger partial charge >= 0.3 is 6.03 Å². The molecule has 2 amide bonds. The first-order chi connectivity index (χ1) is 8.04. The smallest absolute Gasteiger partial charge is 0.322 e. The molecule has 0 radical (unpaired) electrons. The molecule has 1 aliphatic rings. The van der Waals surface area contributed by atoms with Gasteiger partial charge in [-0.15, -0.1) is 0 Å². The molecule has 0 aliphatic carbocycles. The second-order valence-corrected chi connectivity index (χ2v) is 5.00. The molecule has 0 aromatic heterocycles. The van der Waals surface area contributed by atoms with E-state index in [0.717, 1.165) is 24.2 Å². The number of hydrogen-bond acceptors (Lipinski definition) is 2. The average molecular weight is 233 g/mol. The molecule has 1 aromatic carbocycles. The molecule has 4 heteroatoms. The minimum absolute atomic E-state index is 0.0320. The molecule has 1 saturated heterocycles. The fourth-order valence-electron chi connectivity index (χ4n) is 2.23. The van der Waals surface area contributed by atoms with Crippen LogP contribution in [0.25, 0.3) is 0 Å². The molecule has 0 unspecified atom stereocenters. The van der Waals surface area contributed by atoms with Gasteiger partial charge in [-0.25, -0.2) is 4.79 Å². The molecule has 1 aliphatic heterocycles. The molecular formula is C13H19N3O. The van der Waals surface area contributed by atoms with E-state index in [4.69, 9.17) is 5.73 Å². The van der Waals surface area contributed by atoms with Crippen LogP contribution < -0.4 is 16.0 Å². The molecular weight excluding hydrogens is 214 g/mol. The van der Waals surface area contributed by atoms with Crippen LogP contribution in [0.2, 0.25) is 0 Å². The maximum Gasteiger partial charge on any atom is 0.322 e. The monoisotopic (exact) mass is 233 g/mol. The summed E-state index contributed by atoms with van der Waals surface area (Å²) in [4.78, 5) is 13.8. The van der Waals surface area contributed by atoms with Gasteiger partial charge in [0.15, 0.2) is 0 Å². The number of rotatable bonds is 2. The van der Waals surface area contributed by atoms with Crippen LogP contribution in [-0.4, -0.2) is 18.1 Å². The standard InChI is InChI=1S/C13H19N3O/c1-13(2)6-7-15-12(17)16(13)11-5-3-4-10(8-11)9-14/h3-5,8H,6-7,9,14H2,1-2H3,(H,15,17). The van der Waals surface area contributed by atoms with Crippen LogP contribution in [0.15, 0.2) is 24.3 Å². The predicted octanol–water partition coefficient (Wildman–Crippen LogP) is 1.84. The minimum atomic E-state index is -0.157. The number of nitrogens with zero attached hydrogens (tertiary/aromatic N) is 1. The SMILES string of the molecule is CC1(C)CCNC(=O)N1c1cccc(CN)c1. The van der Waals surface area contributed by atoms with Crippen LogP contribution >= 0.6 is 0 Å². The maximum absolute atomic E-state index is 12.0. The van der Waals surface area contributed by atoms with Gasteiger partial charge in [-0.2, -0.15) is 0 Å². The fraction of sp³-hybridized carbons (Fsp3) is 0.462. The van der Waals surface area contributed by atoms with Crippen LogP contribution in [0.5, 0.6) is 0 Å². The lowest BCUT2D eigenvalue weighted by Gasteiger charge is -2.42. The van der Waals surface area contributed by atoms with E-state index >= 15 is 0 Å². The Morgan fingerprint density at radius 1 is 1.47 bits per heavy atom. The van der Waals surface area contributed by atoms with E-state index in [1.807, 2.05) is 29.2 Å². The van der Waals surface area contributed by atoms with Crippen molar-refractivity contribution < 1.29 is 4.79 Å². The van der Waals surface area contributed by atoms with E-state index in [0.29, 0.717) is 6.54 Å². The van der Waals surface area contributed by atoms with Crippen molar-refractivity contribution in [3.8, 4) is 0 Å². The highest BCUT2D eigenvalue weighted by atomic mass is 16.2. The molecule has 1 aromatic rings. The predicted molar refractivity (Wildman–Crippen MR) is 68.9 cm³/mol. The third kappa shape index (κ3) is 2.26. The molecule has 92 valence electrons. The van der Waals surface area contributed by atoms with Gasteiger partial charge in [0.2, 0.25) is 0 Å². The van der Waals surface area contributed by atoms with E-state index in [-0.39, 0.29) is 11.6 Å². The third-order valence-electron chi connectivity index (χ3n) is 3.23. The Kier molecular flexibility index (Phi) is 3.07. The van der Waals surface area contributed by atoms with E-state index in [1.54, 1.807) is 0 Å². The molecule has 1 heterocycles. The van der Waals surface area contributed by atoms with E-state index in [9.17, 15) is 4.79 Å². The van der Waals surface area contributed by atoms with Crippen molar-refractivity contribution in [2.24, 2.45) is 5.73 Å². The third-order valence-corrected chi connectivity index (χ3v) is 3.23. The first-order valence-electron chi connectivity index (χ1n) is 5.92. The molecule has 2 rings (SSSR count). The number of amides is 2. The first-order valence-corrected chi connectivity index (χ1v) is 5.92. The summed E-state index contributed by atoms with van der Waals surface area (Å²) >= 11 is 0. The highest BCUT2D eigenvalue weighted by molar-refractivity contribution is 5.94. The molecule has 4 nitrogen and oxygen atoms in total. The number of carbonyl (C=O) groups excluding carboxylic acids is 1. The summed E-state index contributed by atoms with van der Waals surface area (Å²) in [6.07, 6.45) is 0.936. The first kappa shape index (κ1) is 11.9. The summed E-state index contributed by atoms with van der Waals surface area (Å²) in [5.41, 5.74) is 7.43. The number of hydrogen-bond donors (Lipinski definition) is 2. The zero-order valence-corrected chi connectivity index (χ0v) is 10.4. The molecule has 0 bridgehead atoms. The van der Waals surface area contributed by atoms with Crippen LogP contribution in [0, 0.1) is 0 Å². The molecule has 0 spiro atoms. The summed E-state index contributed by atoms with van der Waals surface area (Å²) in [5.74, 6) is 0. The van der Waals surface area contributed by atoms with Gasteiger partial charge in [0.05, 0.1) is 0 Å². The van der Waals surface area contributed by atoms with Crippen LogP contribution in [0.4, 0.5) is 10.5 Å². The summed E-state index contributed by atoms with van der Waals surface area (Å²) in [6.45, 7) is 5.39. The van der Waals surface area contributed by atoms with Crippen LogP contribution in [0.1, 0.15) is 25.8 Å². The summed E-state index contributed by atoms with van der Waals surface area (Å²) in [6, 6.07) is 7.81. The topological polar surface area (TPSA) is 58.4 Å². The molecule has 1 fully saturated rings. The summed E-state index contributed by atoms with van der Waals surface area (Å²) in [5, 5.41) is 2.88. The lowest BCUT2D eigenvalue weighted by Crippen LogP contribution is -2.58. The Balaban J connectivity index is 2.38. The van der Waals surface area contributed by atoms with Gasteiger partial charge in [0, 0.05) is 24.3 Å².